The maximum absolute atomic E-state index is 11.1. The fraction of sp³-hybridized carbons (Fsp3) is 0.0769. The highest BCUT2D eigenvalue weighted by Crippen LogP contribution is 2.33. The van der Waals surface area contributed by atoms with Crippen molar-refractivity contribution >= 4 is 49.6 Å². The minimum absolute atomic E-state index is 0.244. The number of halogens is 2. The van der Waals surface area contributed by atoms with Crippen molar-refractivity contribution in [3.63, 3.8) is 0 Å². The molecule has 0 fully saturated rings. The second-order valence-electron chi connectivity index (χ2n) is 3.85. The predicted molar refractivity (Wildman–Crippen MR) is 81.9 cm³/mol. The van der Waals surface area contributed by atoms with Crippen molar-refractivity contribution in [2.24, 2.45) is 0 Å². The first-order valence-corrected chi connectivity index (χ1v) is 7.70. The molecule has 0 aliphatic rings. The Morgan fingerprint density at radius 1 is 1.26 bits per heavy atom. The molecule has 2 aromatic rings. The molecule has 0 unspecified atom stereocenters. The number of hydrogen-bond acceptors (Lipinski definition) is 3. The fourth-order valence-corrected chi connectivity index (χ4v) is 3.36. The molecule has 0 aliphatic carbocycles. The fourth-order valence-electron chi connectivity index (χ4n) is 1.44. The summed E-state index contributed by atoms with van der Waals surface area (Å²) in [7, 11) is 0. The third-order valence-corrected chi connectivity index (χ3v) is 4.89. The molecule has 2 rings (SSSR count). The number of nitrogens with zero attached hydrogens (tertiary/aromatic N) is 1. The molecule has 0 spiro atoms. The number of benzene rings is 1. The van der Waals surface area contributed by atoms with Crippen LogP contribution in [0, 0.1) is 6.92 Å². The van der Waals surface area contributed by atoms with Gasteiger partial charge in [-0.15, -0.1) is 0 Å². The van der Waals surface area contributed by atoms with Crippen LogP contribution in [-0.2, 0) is 0 Å². The number of carboxylic acid groups (broad SMARTS) is 1. The lowest BCUT2D eigenvalue weighted by Gasteiger charge is -2.06. The monoisotopic (exact) mass is 401 g/mol. The number of rotatable bonds is 3. The van der Waals surface area contributed by atoms with Gasteiger partial charge >= 0.3 is 5.97 Å². The van der Waals surface area contributed by atoms with E-state index in [9.17, 15) is 4.79 Å². The quantitative estimate of drug-likeness (QED) is 0.803. The van der Waals surface area contributed by atoms with E-state index in [1.54, 1.807) is 18.3 Å². The zero-order valence-electron chi connectivity index (χ0n) is 9.85. The molecule has 0 atom stereocenters. The molecule has 0 radical (unpaired) electrons. The van der Waals surface area contributed by atoms with Crippen LogP contribution in [-0.4, -0.2) is 16.1 Å². The average Bonchev–Trinajstić information content (AvgIpc) is 2.34. The molecule has 1 N–H and O–H groups in total. The lowest BCUT2D eigenvalue weighted by atomic mass is 10.2. The first-order valence-electron chi connectivity index (χ1n) is 5.30. The van der Waals surface area contributed by atoms with Crippen LogP contribution in [0.1, 0.15) is 15.9 Å². The summed E-state index contributed by atoms with van der Waals surface area (Å²) in [6.45, 7) is 1.97. The van der Waals surface area contributed by atoms with Crippen molar-refractivity contribution in [3.05, 3.63) is 50.5 Å². The van der Waals surface area contributed by atoms with E-state index in [2.05, 4.69) is 36.8 Å². The molecule has 0 bridgehead atoms. The minimum atomic E-state index is -0.953. The van der Waals surface area contributed by atoms with Crippen molar-refractivity contribution in [1.29, 1.82) is 0 Å². The zero-order chi connectivity index (χ0) is 14.0. The molecule has 0 aliphatic heterocycles. The second kappa shape index (κ2) is 6.07. The van der Waals surface area contributed by atoms with E-state index in [0.717, 1.165) is 20.0 Å². The van der Waals surface area contributed by atoms with Crippen molar-refractivity contribution in [2.45, 2.75) is 16.8 Å². The van der Waals surface area contributed by atoms with Crippen molar-refractivity contribution in [3.8, 4) is 0 Å². The van der Waals surface area contributed by atoms with Crippen LogP contribution in [0.15, 0.2) is 49.3 Å². The highest BCUT2D eigenvalue weighted by atomic mass is 79.9. The minimum Gasteiger partial charge on any atom is -0.478 e. The van der Waals surface area contributed by atoms with Gasteiger partial charge in [0.05, 0.1) is 10.0 Å². The Kier molecular flexibility index (Phi) is 4.65. The van der Waals surface area contributed by atoms with Gasteiger partial charge in [0, 0.05) is 15.6 Å². The van der Waals surface area contributed by atoms with Crippen molar-refractivity contribution in [2.75, 3.05) is 0 Å². The van der Waals surface area contributed by atoms with Gasteiger partial charge in [-0.2, -0.15) is 0 Å². The van der Waals surface area contributed by atoms with E-state index in [0.29, 0.717) is 4.47 Å². The Bertz CT molecular complexity index is 647. The summed E-state index contributed by atoms with van der Waals surface area (Å²) in [4.78, 5) is 16.2. The number of aromatic nitrogens is 1. The van der Waals surface area contributed by atoms with Crippen molar-refractivity contribution < 1.29 is 9.90 Å². The second-order valence-corrected chi connectivity index (χ2v) is 6.62. The molecule has 19 heavy (non-hydrogen) atoms. The highest BCUT2D eigenvalue weighted by Gasteiger charge is 2.11. The summed E-state index contributed by atoms with van der Waals surface area (Å²) in [6.07, 6.45) is 1.78. The van der Waals surface area contributed by atoms with E-state index in [1.165, 1.54) is 11.8 Å². The Hall–Kier alpha value is -0.850. The van der Waals surface area contributed by atoms with E-state index in [4.69, 9.17) is 5.11 Å². The van der Waals surface area contributed by atoms with Gasteiger partial charge in [0.25, 0.3) is 0 Å². The summed E-state index contributed by atoms with van der Waals surface area (Å²) < 4.78 is 1.47. The van der Waals surface area contributed by atoms with Crippen LogP contribution in [0.2, 0.25) is 0 Å². The molecule has 1 heterocycles. The molecule has 0 amide bonds. The normalized spacial score (nSPS) is 10.5. The van der Waals surface area contributed by atoms with Crippen LogP contribution >= 0.6 is 43.6 Å². The largest absolute Gasteiger partial charge is 0.478 e. The van der Waals surface area contributed by atoms with Gasteiger partial charge < -0.3 is 5.11 Å². The molecule has 98 valence electrons. The predicted octanol–water partition coefficient (Wildman–Crippen LogP) is 4.76. The Morgan fingerprint density at radius 3 is 2.63 bits per heavy atom. The van der Waals surface area contributed by atoms with Crippen LogP contribution < -0.4 is 0 Å². The molecular weight excluding hydrogens is 394 g/mol. The van der Waals surface area contributed by atoms with Gasteiger partial charge in [0.1, 0.15) is 5.03 Å². The number of carboxylic acids is 1. The van der Waals surface area contributed by atoms with E-state index >= 15 is 0 Å². The van der Waals surface area contributed by atoms with Crippen LogP contribution in [0.4, 0.5) is 0 Å². The number of carbonyl (C=O) groups is 1. The third kappa shape index (κ3) is 3.58. The van der Waals surface area contributed by atoms with Crippen LogP contribution in [0.25, 0.3) is 0 Å². The molecule has 1 aromatic carbocycles. The number of aromatic carboxylic acids is 1. The Balaban J connectivity index is 2.33. The van der Waals surface area contributed by atoms with Crippen molar-refractivity contribution in [1.82, 2.24) is 4.98 Å². The molecule has 3 nitrogen and oxygen atoms in total. The summed E-state index contributed by atoms with van der Waals surface area (Å²) >= 11 is 8.10. The van der Waals surface area contributed by atoms with Gasteiger partial charge in [-0.05, 0) is 68.6 Å². The first-order chi connectivity index (χ1) is 8.97. The van der Waals surface area contributed by atoms with E-state index < -0.39 is 5.97 Å². The Labute approximate surface area is 131 Å². The van der Waals surface area contributed by atoms with Gasteiger partial charge in [-0.1, -0.05) is 11.8 Å². The summed E-state index contributed by atoms with van der Waals surface area (Å²) in [5.41, 5.74) is 1.31. The van der Waals surface area contributed by atoms with Crippen LogP contribution in [0.5, 0.6) is 0 Å². The first kappa shape index (κ1) is 14.6. The molecule has 0 saturated carbocycles. The average molecular weight is 403 g/mol. The molecular formula is C13H9Br2NO2S. The lowest BCUT2D eigenvalue weighted by Crippen LogP contribution is -1.97. The summed E-state index contributed by atoms with van der Waals surface area (Å²) in [5, 5.41) is 9.89. The van der Waals surface area contributed by atoms with Crippen LogP contribution in [0.3, 0.4) is 0 Å². The van der Waals surface area contributed by atoms with E-state index in [-0.39, 0.29) is 5.56 Å². The lowest BCUT2D eigenvalue weighted by molar-refractivity contribution is 0.0695. The van der Waals surface area contributed by atoms with Gasteiger partial charge in [0.15, 0.2) is 0 Å². The van der Waals surface area contributed by atoms with Gasteiger partial charge in [-0.25, -0.2) is 9.78 Å². The Morgan fingerprint density at radius 2 is 2.00 bits per heavy atom. The molecule has 1 aromatic heterocycles. The maximum atomic E-state index is 11.1. The number of aryl methyl sites for hydroxylation is 1. The topological polar surface area (TPSA) is 50.2 Å². The third-order valence-electron chi connectivity index (χ3n) is 2.33. The maximum Gasteiger partial charge on any atom is 0.336 e. The highest BCUT2D eigenvalue weighted by molar-refractivity contribution is 9.10. The number of hydrogen-bond donors (Lipinski definition) is 1. The SMILES string of the molecule is Cc1cnc(Sc2ccc(Br)c(C(=O)O)c2)c(Br)c1. The summed E-state index contributed by atoms with van der Waals surface area (Å²) in [6, 6.07) is 7.19. The number of pyridine rings is 1. The smallest absolute Gasteiger partial charge is 0.336 e. The summed E-state index contributed by atoms with van der Waals surface area (Å²) in [5.74, 6) is -0.953. The molecule has 6 heteroatoms. The van der Waals surface area contributed by atoms with Gasteiger partial charge in [0.2, 0.25) is 0 Å². The zero-order valence-corrected chi connectivity index (χ0v) is 13.8. The van der Waals surface area contributed by atoms with Gasteiger partial charge in [-0.3, -0.25) is 0 Å². The van der Waals surface area contributed by atoms with E-state index in [1.807, 2.05) is 19.1 Å². The molecule has 0 saturated heterocycles. The standard InChI is InChI=1S/C13H9Br2NO2S/c1-7-4-11(15)12(16-6-7)19-8-2-3-10(14)9(5-8)13(17)18/h2-6H,1H3,(H,17,18).